The summed E-state index contributed by atoms with van der Waals surface area (Å²) in [6.07, 6.45) is 3.72. The molecule has 19 heavy (non-hydrogen) atoms. The molecule has 0 aliphatic carbocycles. The second kappa shape index (κ2) is 5.27. The van der Waals surface area contributed by atoms with Gasteiger partial charge in [0.05, 0.1) is 5.56 Å². The van der Waals surface area contributed by atoms with E-state index in [4.69, 9.17) is 9.47 Å². The van der Waals surface area contributed by atoms with Crippen LogP contribution in [0.3, 0.4) is 0 Å². The number of ether oxygens (including phenoxy) is 2. The van der Waals surface area contributed by atoms with Gasteiger partial charge in [-0.1, -0.05) is 0 Å². The molecule has 0 N–H and O–H groups in total. The SMILES string of the molecule is O=Cc1cnc(Sc2ccc3c(c2)OCCO3)nc1. The molecule has 0 radical (unpaired) electrons. The summed E-state index contributed by atoms with van der Waals surface area (Å²) in [6.45, 7) is 1.14. The first-order chi connectivity index (χ1) is 9.35. The van der Waals surface area contributed by atoms with E-state index >= 15 is 0 Å². The highest BCUT2D eigenvalue weighted by Crippen LogP contribution is 2.35. The summed E-state index contributed by atoms with van der Waals surface area (Å²) in [4.78, 5) is 19.7. The third-order valence-electron chi connectivity index (χ3n) is 2.51. The molecule has 0 saturated carbocycles. The molecule has 3 rings (SSSR count). The average Bonchev–Trinajstić information content (AvgIpc) is 2.48. The standard InChI is InChI=1S/C13H10N2O3S/c16-8-9-6-14-13(15-7-9)19-10-1-2-11-12(5-10)18-4-3-17-11/h1-2,5-8H,3-4H2. The van der Waals surface area contributed by atoms with Gasteiger partial charge >= 0.3 is 0 Å². The van der Waals surface area contributed by atoms with Crippen molar-refractivity contribution in [2.75, 3.05) is 13.2 Å². The van der Waals surface area contributed by atoms with Crippen LogP contribution in [0.5, 0.6) is 11.5 Å². The molecule has 0 fully saturated rings. The number of carbonyl (C=O) groups is 1. The predicted octanol–water partition coefficient (Wildman–Crippen LogP) is 2.21. The van der Waals surface area contributed by atoms with Gasteiger partial charge in [0, 0.05) is 17.3 Å². The maximum atomic E-state index is 10.5. The number of fused-ring (bicyclic) bond motifs is 1. The normalized spacial score (nSPS) is 13.1. The van der Waals surface area contributed by atoms with E-state index in [0.717, 1.165) is 22.7 Å². The first kappa shape index (κ1) is 12.0. The van der Waals surface area contributed by atoms with Crippen molar-refractivity contribution in [3.05, 3.63) is 36.2 Å². The number of hydrogen-bond acceptors (Lipinski definition) is 6. The fraction of sp³-hybridized carbons (Fsp3) is 0.154. The molecule has 0 saturated heterocycles. The molecule has 0 atom stereocenters. The van der Waals surface area contributed by atoms with Gasteiger partial charge in [-0.15, -0.1) is 0 Å². The highest BCUT2D eigenvalue weighted by atomic mass is 32.2. The smallest absolute Gasteiger partial charge is 0.192 e. The topological polar surface area (TPSA) is 61.3 Å². The maximum Gasteiger partial charge on any atom is 0.192 e. The van der Waals surface area contributed by atoms with Gasteiger partial charge in [0.15, 0.2) is 22.9 Å². The molecular formula is C13H10N2O3S. The highest BCUT2D eigenvalue weighted by Gasteiger charge is 2.12. The zero-order chi connectivity index (χ0) is 13.1. The number of aromatic nitrogens is 2. The third-order valence-corrected chi connectivity index (χ3v) is 3.39. The summed E-state index contributed by atoms with van der Waals surface area (Å²) in [5.41, 5.74) is 0.464. The summed E-state index contributed by atoms with van der Waals surface area (Å²) < 4.78 is 11.0. The van der Waals surface area contributed by atoms with E-state index in [1.165, 1.54) is 24.2 Å². The van der Waals surface area contributed by atoms with Crippen molar-refractivity contribution < 1.29 is 14.3 Å². The quantitative estimate of drug-likeness (QED) is 0.631. The molecule has 0 amide bonds. The molecule has 96 valence electrons. The van der Waals surface area contributed by atoms with Gasteiger partial charge in [-0.05, 0) is 30.0 Å². The van der Waals surface area contributed by atoms with Gasteiger partial charge in [-0.3, -0.25) is 4.79 Å². The third kappa shape index (κ3) is 2.68. The Hall–Kier alpha value is -2.08. The molecule has 5 nitrogen and oxygen atoms in total. The average molecular weight is 274 g/mol. The van der Waals surface area contributed by atoms with Crippen LogP contribution < -0.4 is 9.47 Å². The van der Waals surface area contributed by atoms with Crippen molar-refractivity contribution in [3.8, 4) is 11.5 Å². The van der Waals surface area contributed by atoms with E-state index in [0.29, 0.717) is 23.9 Å². The van der Waals surface area contributed by atoms with Crippen LogP contribution in [0.15, 0.2) is 40.6 Å². The molecule has 6 heteroatoms. The van der Waals surface area contributed by atoms with Gasteiger partial charge in [0.2, 0.25) is 0 Å². The number of aldehydes is 1. The van der Waals surface area contributed by atoms with Crippen LogP contribution >= 0.6 is 11.8 Å². The molecule has 1 aromatic heterocycles. The minimum atomic E-state index is 0.464. The van der Waals surface area contributed by atoms with Crippen molar-refractivity contribution in [2.45, 2.75) is 10.1 Å². The van der Waals surface area contributed by atoms with Gasteiger partial charge in [0.1, 0.15) is 13.2 Å². The van der Waals surface area contributed by atoms with Crippen molar-refractivity contribution in [3.63, 3.8) is 0 Å². The van der Waals surface area contributed by atoms with Crippen LogP contribution in [-0.2, 0) is 0 Å². The van der Waals surface area contributed by atoms with Crippen LogP contribution in [0.4, 0.5) is 0 Å². The van der Waals surface area contributed by atoms with E-state index in [1.807, 2.05) is 18.2 Å². The minimum Gasteiger partial charge on any atom is -0.486 e. The summed E-state index contributed by atoms with van der Waals surface area (Å²) in [7, 11) is 0. The second-order valence-corrected chi connectivity index (χ2v) is 4.87. The molecule has 0 unspecified atom stereocenters. The van der Waals surface area contributed by atoms with Crippen LogP contribution in [0.1, 0.15) is 10.4 Å². The van der Waals surface area contributed by atoms with E-state index in [9.17, 15) is 4.79 Å². The van der Waals surface area contributed by atoms with Gasteiger partial charge in [0.25, 0.3) is 0 Å². The lowest BCUT2D eigenvalue weighted by molar-refractivity contribution is 0.112. The maximum absolute atomic E-state index is 10.5. The number of benzene rings is 1. The fourth-order valence-corrected chi connectivity index (χ4v) is 2.36. The van der Waals surface area contributed by atoms with Crippen LogP contribution in [-0.4, -0.2) is 29.5 Å². The van der Waals surface area contributed by atoms with Crippen molar-refractivity contribution in [1.82, 2.24) is 9.97 Å². The Morgan fingerprint density at radius 1 is 1.11 bits per heavy atom. The van der Waals surface area contributed by atoms with Crippen molar-refractivity contribution in [1.29, 1.82) is 0 Å². The molecule has 1 aliphatic heterocycles. The number of rotatable bonds is 3. The van der Waals surface area contributed by atoms with E-state index in [1.54, 1.807) is 0 Å². The monoisotopic (exact) mass is 274 g/mol. The van der Waals surface area contributed by atoms with Crippen LogP contribution in [0.2, 0.25) is 0 Å². The molecule has 2 heterocycles. The Bertz CT molecular complexity index is 601. The first-order valence-corrected chi connectivity index (χ1v) is 6.51. The summed E-state index contributed by atoms with van der Waals surface area (Å²) in [5, 5.41) is 0.585. The molecule has 2 aromatic rings. The molecule has 0 spiro atoms. The molecule has 1 aliphatic rings. The number of nitrogens with zero attached hydrogens (tertiary/aromatic N) is 2. The molecule has 1 aromatic carbocycles. The second-order valence-electron chi connectivity index (χ2n) is 3.82. The summed E-state index contributed by atoms with van der Waals surface area (Å²) in [5.74, 6) is 1.49. The Labute approximate surface area is 114 Å². The number of hydrogen-bond donors (Lipinski definition) is 0. The van der Waals surface area contributed by atoms with Gasteiger partial charge < -0.3 is 9.47 Å². The van der Waals surface area contributed by atoms with E-state index in [2.05, 4.69) is 9.97 Å². The molecule has 0 bridgehead atoms. The van der Waals surface area contributed by atoms with E-state index in [-0.39, 0.29) is 0 Å². The largest absolute Gasteiger partial charge is 0.486 e. The number of carbonyl (C=O) groups excluding carboxylic acids is 1. The zero-order valence-corrected chi connectivity index (χ0v) is 10.7. The van der Waals surface area contributed by atoms with Gasteiger partial charge in [-0.25, -0.2) is 9.97 Å². The Kier molecular flexibility index (Phi) is 3.33. The lowest BCUT2D eigenvalue weighted by Crippen LogP contribution is -2.15. The highest BCUT2D eigenvalue weighted by molar-refractivity contribution is 7.99. The molecular weight excluding hydrogens is 264 g/mol. The Balaban J connectivity index is 1.80. The Morgan fingerprint density at radius 2 is 1.84 bits per heavy atom. The van der Waals surface area contributed by atoms with Crippen LogP contribution in [0, 0.1) is 0 Å². The first-order valence-electron chi connectivity index (χ1n) is 5.70. The summed E-state index contributed by atoms with van der Waals surface area (Å²) in [6, 6.07) is 5.70. The minimum absolute atomic E-state index is 0.464. The summed E-state index contributed by atoms with van der Waals surface area (Å²) >= 11 is 1.41. The zero-order valence-electron chi connectivity index (χ0n) is 9.91. The Morgan fingerprint density at radius 3 is 2.58 bits per heavy atom. The van der Waals surface area contributed by atoms with Gasteiger partial charge in [-0.2, -0.15) is 0 Å². The predicted molar refractivity (Wildman–Crippen MR) is 69.0 cm³/mol. The van der Waals surface area contributed by atoms with Crippen LogP contribution in [0.25, 0.3) is 0 Å². The van der Waals surface area contributed by atoms with Crippen molar-refractivity contribution >= 4 is 18.0 Å². The van der Waals surface area contributed by atoms with E-state index < -0.39 is 0 Å². The lowest BCUT2D eigenvalue weighted by atomic mass is 10.3. The van der Waals surface area contributed by atoms with Crippen molar-refractivity contribution in [2.24, 2.45) is 0 Å². The lowest BCUT2D eigenvalue weighted by Gasteiger charge is -2.18. The fourth-order valence-electron chi connectivity index (χ4n) is 1.63.